The Balaban J connectivity index is 2.64. The van der Waals surface area contributed by atoms with Gasteiger partial charge in [0.2, 0.25) is 0 Å². The van der Waals surface area contributed by atoms with Crippen LogP contribution in [0.15, 0.2) is 33.9 Å². The van der Waals surface area contributed by atoms with Crippen LogP contribution in [0.5, 0.6) is 0 Å². The number of aromatic nitrogens is 2. The molecule has 1 aromatic heterocycles. The number of fused-ring (bicyclic) bond motifs is 1. The summed E-state index contributed by atoms with van der Waals surface area (Å²) >= 11 is 0. The molecular formula is C12H12N2O5. The first-order valence-electron chi connectivity index (χ1n) is 5.50. The fourth-order valence-corrected chi connectivity index (χ4v) is 1.73. The highest BCUT2D eigenvalue weighted by atomic mass is 16.4. The smallest absolute Gasteiger partial charge is 0.337 e. The summed E-state index contributed by atoms with van der Waals surface area (Å²) in [5.74, 6) is -1.48. The van der Waals surface area contributed by atoms with Crippen LogP contribution in [0.3, 0.4) is 0 Å². The van der Waals surface area contributed by atoms with Crippen LogP contribution in [-0.2, 0) is 11.3 Å². The average molecular weight is 264 g/mol. The molecule has 0 amide bonds. The Morgan fingerprint density at radius 3 is 2.47 bits per heavy atom. The van der Waals surface area contributed by atoms with E-state index in [1.165, 1.54) is 12.1 Å². The van der Waals surface area contributed by atoms with Crippen LogP contribution in [0.4, 0.5) is 0 Å². The SMILES string of the molecule is CC(O)(Cn1[nH]c(=O)c2ccccc2c1=O)C(=O)O. The molecule has 1 heterocycles. The van der Waals surface area contributed by atoms with Crippen molar-refractivity contribution < 1.29 is 15.0 Å². The molecule has 2 rings (SSSR count). The molecule has 100 valence electrons. The predicted molar refractivity (Wildman–Crippen MR) is 67.1 cm³/mol. The molecule has 1 atom stereocenters. The molecular weight excluding hydrogens is 252 g/mol. The first kappa shape index (κ1) is 13.0. The summed E-state index contributed by atoms with van der Waals surface area (Å²) in [7, 11) is 0. The van der Waals surface area contributed by atoms with Crippen molar-refractivity contribution in [2.45, 2.75) is 19.1 Å². The molecule has 2 aromatic rings. The molecule has 7 nitrogen and oxygen atoms in total. The second-order valence-corrected chi connectivity index (χ2v) is 4.46. The van der Waals surface area contributed by atoms with Crippen molar-refractivity contribution in [3.63, 3.8) is 0 Å². The first-order valence-corrected chi connectivity index (χ1v) is 5.50. The fraction of sp³-hybridized carbons (Fsp3) is 0.250. The van der Waals surface area contributed by atoms with E-state index in [2.05, 4.69) is 5.10 Å². The third-order valence-corrected chi connectivity index (χ3v) is 2.81. The van der Waals surface area contributed by atoms with Gasteiger partial charge in [0.1, 0.15) is 0 Å². The molecule has 3 N–H and O–H groups in total. The summed E-state index contributed by atoms with van der Waals surface area (Å²) in [5.41, 5.74) is -3.22. The number of nitrogens with one attached hydrogen (secondary N) is 1. The maximum atomic E-state index is 12.1. The molecule has 0 bridgehead atoms. The van der Waals surface area contributed by atoms with Crippen LogP contribution >= 0.6 is 0 Å². The quantitative estimate of drug-likeness (QED) is 0.693. The number of carboxylic acids is 1. The summed E-state index contributed by atoms with van der Waals surface area (Å²) in [6.07, 6.45) is 0. The zero-order valence-corrected chi connectivity index (χ0v) is 10.1. The number of rotatable bonds is 3. The third kappa shape index (κ3) is 2.27. The maximum absolute atomic E-state index is 12.1. The minimum absolute atomic E-state index is 0.174. The highest BCUT2D eigenvalue weighted by molar-refractivity contribution is 5.80. The van der Waals surface area contributed by atoms with Crippen molar-refractivity contribution in [1.82, 2.24) is 9.78 Å². The highest BCUT2D eigenvalue weighted by Gasteiger charge is 2.31. The normalized spacial score (nSPS) is 14.2. The summed E-state index contributed by atoms with van der Waals surface area (Å²) in [6, 6.07) is 6.19. The van der Waals surface area contributed by atoms with Gasteiger partial charge < -0.3 is 10.2 Å². The molecule has 0 fully saturated rings. The number of hydrogen-bond donors (Lipinski definition) is 3. The van der Waals surface area contributed by atoms with Crippen molar-refractivity contribution >= 4 is 16.7 Å². The molecule has 7 heteroatoms. The number of carbonyl (C=O) groups is 1. The van der Waals surface area contributed by atoms with Gasteiger partial charge in [-0.2, -0.15) is 0 Å². The Bertz CT molecular complexity index is 757. The number of H-pyrrole nitrogens is 1. The molecule has 0 aliphatic heterocycles. The van der Waals surface area contributed by atoms with E-state index in [4.69, 9.17) is 5.11 Å². The number of carboxylic acid groups (broad SMARTS) is 1. The van der Waals surface area contributed by atoms with Gasteiger partial charge in [-0.15, -0.1) is 0 Å². The first-order chi connectivity index (χ1) is 8.83. The summed E-state index contributed by atoms with van der Waals surface area (Å²) in [5, 5.41) is 21.1. The predicted octanol–water partition coefficient (Wildman–Crippen LogP) is -0.475. The van der Waals surface area contributed by atoms with Crippen LogP contribution in [0.2, 0.25) is 0 Å². The van der Waals surface area contributed by atoms with E-state index in [1.54, 1.807) is 12.1 Å². The second-order valence-electron chi connectivity index (χ2n) is 4.46. The highest BCUT2D eigenvalue weighted by Crippen LogP contribution is 2.07. The number of nitrogens with zero attached hydrogens (tertiary/aromatic N) is 1. The Kier molecular flexibility index (Phi) is 2.99. The van der Waals surface area contributed by atoms with Gasteiger partial charge in [0.25, 0.3) is 11.1 Å². The zero-order chi connectivity index (χ0) is 14.2. The molecule has 19 heavy (non-hydrogen) atoms. The van der Waals surface area contributed by atoms with Gasteiger partial charge in [0.15, 0.2) is 5.60 Å². The summed E-state index contributed by atoms with van der Waals surface area (Å²) in [4.78, 5) is 34.7. The number of hydrogen-bond acceptors (Lipinski definition) is 4. The van der Waals surface area contributed by atoms with Crippen LogP contribution in [-0.4, -0.2) is 31.6 Å². The summed E-state index contributed by atoms with van der Waals surface area (Å²) < 4.78 is 0.804. The minimum atomic E-state index is -2.14. The molecule has 1 unspecified atom stereocenters. The lowest BCUT2D eigenvalue weighted by atomic mass is 10.1. The average Bonchev–Trinajstić information content (AvgIpc) is 2.35. The van der Waals surface area contributed by atoms with E-state index < -0.39 is 29.2 Å². The Morgan fingerprint density at radius 1 is 1.32 bits per heavy atom. The number of aliphatic hydroxyl groups is 1. The molecule has 0 saturated carbocycles. The van der Waals surface area contributed by atoms with E-state index in [-0.39, 0.29) is 10.8 Å². The van der Waals surface area contributed by atoms with Crippen LogP contribution < -0.4 is 11.1 Å². The van der Waals surface area contributed by atoms with Crippen LogP contribution in [0, 0.1) is 0 Å². The lowest BCUT2D eigenvalue weighted by Gasteiger charge is -2.18. The third-order valence-electron chi connectivity index (χ3n) is 2.81. The van der Waals surface area contributed by atoms with E-state index in [0.717, 1.165) is 11.6 Å². The monoisotopic (exact) mass is 264 g/mol. The van der Waals surface area contributed by atoms with Crippen molar-refractivity contribution in [2.24, 2.45) is 0 Å². The molecule has 0 aliphatic carbocycles. The second kappa shape index (κ2) is 4.36. The Morgan fingerprint density at radius 2 is 1.89 bits per heavy atom. The lowest BCUT2D eigenvalue weighted by Crippen LogP contribution is -2.44. The topological polar surface area (TPSA) is 112 Å². The van der Waals surface area contributed by atoms with Gasteiger partial charge in [0, 0.05) is 0 Å². The number of aromatic amines is 1. The molecule has 0 radical (unpaired) electrons. The van der Waals surface area contributed by atoms with Gasteiger partial charge in [-0.05, 0) is 19.1 Å². The Hall–Kier alpha value is -2.41. The van der Waals surface area contributed by atoms with Crippen molar-refractivity contribution in [3.05, 3.63) is 45.0 Å². The standard InChI is InChI=1S/C12H12N2O5/c1-12(19,11(17)18)6-14-10(16)8-5-3-2-4-7(8)9(15)13-14/h2-5,19H,6H2,1H3,(H,13,15)(H,17,18). The van der Waals surface area contributed by atoms with Gasteiger partial charge >= 0.3 is 5.97 Å². The molecule has 0 spiro atoms. The van der Waals surface area contributed by atoms with Gasteiger partial charge in [-0.3, -0.25) is 14.7 Å². The van der Waals surface area contributed by atoms with Gasteiger partial charge in [-0.25, -0.2) is 9.48 Å². The van der Waals surface area contributed by atoms with E-state index >= 15 is 0 Å². The van der Waals surface area contributed by atoms with Gasteiger partial charge in [-0.1, -0.05) is 12.1 Å². The molecule has 0 aliphatic rings. The van der Waals surface area contributed by atoms with Crippen molar-refractivity contribution in [2.75, 3.05) is 0 Å². The Labute approximate surface area is 106 Å². The largest absolute Gasteiger partial charge is 0.479 e. The van der Waals surface area contributed by atoms with Crippen molar-refractivity contribution in [3.8, 4) is 0 Å². The molecule has 0 saturated heterocycles. The van der Waals surface area contributed by atoms with E-state index in [0.29, 0.717) is 0 Å². The number of aliphatic carboxylic acids is 1. The maximum Gasteiger partial charge on any atom is 0.337 e. The van der Waals surface area contributed by atoms with Crippen LogP contribution in [0.1, 0.15) is 6.92 Å². The zero-order valence-electron chi connectivity index (χ0n) is 10.1. The molecule has 1 aromatic carbocycles. The number of benzene rings is 1. The minimum Gasteiger partial charge on any atom is -0.479 e. The summed E-state index contributed by atoms with van der Waals surface area (Å²) in [6.45, 7) is 0.510. The van der Waals surface area contributed by atoms with E-state index in [1.807, 2.05) is 0 Å². The lowest BCUT2D eigenvalue weighted by molar-refractivity contribution is -0.158. The van der Waals surface area contributed by atoms with Crippen molar-refractivity contribution in [1.29, 1.82) is 0 Å². The van der Waals surface area contributed by atoms with Crippen LogP contribution in [0.25, 0.3) is 10.8 Å². The van der Waals surface area contributed by atoms with Gasteiger partial charge in [0.05, 0.1) is 17.3 Å². The van der Waals surface area contributed by atoms with E-state index in [9.17, 15) is 19.5 Å². The fourth-order valence-electron chi connectivity index (χ4n) is 1.73.